The number of benzene rings is 2. The van der Waals surface area contributed by atoms with E-state index in [1.54, 1.807) is 23.3 Å². The second kappa shape index (κ2) is 9.15. The van der Waals surface area contributed by atoms with Gasteiger partial charge in [-0.3, -0.25) is 4.90 Å². The minimum Gasteiger partial charge on any atom is -0.497 e. The average Bonchev–Trinajstić information content (AvgIpc) is 3.54. The summed E-state index contributed by atoms with van der Waals surface area (Å²) in [7, 11) is 1.62. The lowest BCUT2D eigenvalue weighted by molar-refractivity contribution is 0.203. The van der Waals surface area contributed by atoms with E-state index in [2.05, 4.69) is 10.5 Å². The molecule has 5 rings (SSSR count). The van der Waals surface area contributed by atoms with E-state index in [-0.39, 0.29) is 6.03 Å². The maximum absolute atomic E-state index is 13.2. The SMILES string of the molecule is COc1cccc(-c2noc(C3=C(C)N(Cc4cccs4)C(=O)NC3c3ccc(C)cc3)n2)c1. The van der Waals surface area contributed by atoms with Gasteiger partial charge in [0.2, 0.25) is 5.82 Å². The Hall–Kier alpha value is -3.91. The van der Waals surface area contributed by atoms with Gasteiger partial charge in [-0.2, -0.15) is 4.98 Å². The van der Waals surface area contributed by atoms with Gasteiger partial charge in [0.05, 0.1) is 25.3 Å². The fraction of sp³-hybridized carbons (Fsp3) is 0.192. The molecule has 3 heterocycles. The number of aromatic nitrogens is 2. The van der Waals surface area contributed by atoms with Gasteiger partial charge in [0, 0.05) is 16.1 Å². The van der Waals surface area contributed by atoms with Gasteiger partial charge in [0.1, 0.15) is 5.75 Å². The summed E-state index contributed by atoms with van der Waals surface area (Å²) in [5.74, 6) is 1.54. The van der Waals surface area contributed by atoms with Gasteiger partial charge in [-0.15, -0.1) is 11.3 Å². The summed E-state index contributed by atoms with van der Waals surface area (Å²) in [6, 6.07) is 19.0. The first-order chi connectivity index (χ1) is 16.5. The Morgan fingerprint density at radius 1 is 1.12 bits per heavy atom. The number of nitrogens with zero attached hydrogens (tertiary/aromatic N) is 3. The molecule has 0 fully saturated rings. The van der Waals surface area contributed by atoms with Gasteiger partial charge in [0.15, 0.2) is 0 Å². The van der Waals surface area contributed by atoms with Crippen LogP contribution in [0, 0.1) is 6.92 Å². The van der Waals surface area contributed by atoms with E-state index in [0.717, 1.165) is 32.8 Å². The molecule has 1 aliphatic heterocycles. The van der Waals surface area contributed by atoms with Crippen molar-refractivity contribution in [3.8, 4) is 17.1 Å². The van der Waals surface area contributed by atoms with Crippen molar-refractivity contribution in [2.45, 2.75) is 26.4 Å². The van der Waals surface area contributed by atoms with Crippen LogP contribution in [-0.4, -0.2) is 28.2 Å². The molecule has 0 saturated heterocycles. The molecule has 1 unspecified atom stereocenters. The van der Waals surface area contributed by atoms with Gasteiger partial charge < -0.3 is 14.6 Å². The number of carbonyl (C=O) groups excluding carboxylic acids is 1. The summed E-state index contributed by atoms with van der Waals surface area (Å²) < 4.78 is 11.1. The van der Waals surface area contributed by atoms with Crippen molar-refractivity contribution in [3.05, 3.63) is 93.6 Å². The minimum absolute atomic E-state index is 0.159. The number of amides is 2. The molecular weight excluding hydrogens is 448 g/mol. The van der Waals surface area contributed by atoms with Crippen molar-refractivity contribution in [1.29, 1.82) is 0 Å². The van der Waals surface area contributed by atoms with Gasteiger partial charge in [-0.1, -0.05) is 53.2 Å². The molecule has 34 heavy (non-hydrogen) atoms. The molecule has 0 saturated carbocycles. The van der Waals surface area contributed by atoms with Crippen molar-refractivity contribution in [3.63, 3.8) is 0 Å². The highest BCUT2D eigenvalue weighted by molar-refractivity contribution is 7.09. The van der Waals surface area contributed by atoms with Gasteiger partial charge in [0.25, 0.3) is 5.89 Å². The monoisotopic (exact) mass is 472 g/mol. The van der Waals surface area contributed by atoms with E-state index in [4.69, 9.17) is 14.2 Å². The molecule has 1 aliphatic rings. The van der Waals surface area contributed by atoms with E-state index in [9.17, 15) is 4.79 Å². The minimum atomic E-state index is -0.411. The Morgan fingerprint density at radius 2 is 1.94 bits per heavy atom. The zero-order valence-electron chi connectivity index (χ0n) is 19.1. The third-order valence-corrected chi connectivity index (χ3v) is 6.75. The first kappa shape index (κ1) is 21.9. The number of allylic oxidation sites excluding steroid dienone is 1. The highest BCUT2D eigenvalue weighted by Gasteiger charge is 2.35. The van der Waals surface area contributed by atoms with Crippen LogP contribution >= 0.6 is 11.3 Å². The van der Waals surface area contributed by atoms with Crippen LogP contribution in [0.1, 0.15) is 34.9 Å². The normalized spacial score (nSPS) is 16.0. The number of hydrogen-bond acceptors (Lipinski definition) is 6. The third kappa shape index (κ3) is 4.20. The van der Waals surface area contributed by atoms with Crippen LogP contribution in [0.2, 0.25) is 0 Å². The van der Waals surface area contributed by atoms with Crippen LogP contribution < -0.4 is 10.1 Å². The molecular formula is C26H24N4O3S. The quantitative estimate of drug-likeness (QED) is 0.383. The second-order valence-corrected chi connectivity index (χ2v) is 9.15. The fourth-order valence-corrected chi connectivity index (χ4v) is 4.72. The average molecular weight is 473 g/mol. The maximum Gasteiger partial charge on any atom is 0.322 e. The molecule has 2 aromatic heterocycles. The smallest absolute Gasteiger partial charge is 0.322 e. The summed E-state index contributed by atoms with van der Waals surface area (Å²) in [4.78, 5) is 20.7. The van der Waals surface area contributed by atoms with E-state index >= 15 is 0 Å². The number of thiophene rings is 1. The Kier molecular flexibility index (Phi) is 5.90. The van der Waals surface area contributed by atoms with Gasteiger partial charge in [-0.25, -0.2) is 4.79 Å². The van der Waals surface area contributed by atoms with E-state index in [0.29, 0.717) is 24.0 Å². The van der Waals surface area contributed by atoms with Gasteiger partial charge in [-0.05, 0) is 43.0 Å². The van der Waals surface area contributed by atoms with Crippen LogP contribution in [0.25, 0.3) is 17.0 Å². The molecule has 2 amide bonds. The first-order valence-electron chi connectivity index (χ1n) is 10.9. The fourth-order valence-electron chi connectivity index (χ4n) is 4.03. The number of urea groups is 1. The third-order valence-electron chi connectivity index (χ3n) is 5.89. The number of hydrogen-bond donors (Lipinski definition) is 1. The molecule has 2 aromatic carbocycles. The second-order valence-electron chi connectivity index (χ2n) is 8.11. The summed E-state index contributed by atoms with van der Waals surface area (Å²) >= 11 is 1.61. The van der Waals surface area contributed by atoms with E-state index in [1.165, 1.54) is 0 Å². The number of carbonyl (C=O) groups is 1. The van der Waals surface area contributed by atoms with Crippen LogP contribution in [0.5, 0.6) is 5.75 Å². The first-order valence-corrected chi connectivity index (χ1v) is 11.8. The lowest BCUT2D eigenvalue weighted by atomic mass is 9.94. The molecule has 0 spiro atoms. The number of ether oxygens (including phenoxy) is 1. The highest BCUT2D eigenvalue weighted by Crippen LogP contribution is 2.38. The molecule has 0 bridgehead atoms. The molecule has 4 aromatic rings. The lowest BCUT2D eigenvalue weighted by Gasteiger charge is -2.35. The highest BCUT2D eigenvalue weighted by atomic mass is 32.1. The van der Waals surface area contributed by atoms with Crippen LogP contribution in [0.15, 0.2) is 76.3 Å². The molecule has 1 N–H and O–H groups in total. The van der Waals surface area contributed by atoms with E-state index in [1.807, 2.05) is 79.9 Å². The molecule has 7 nitrogen and oxygen atoms in total. The predicted molar refractivity (Wildman–Crippen MR) is 131 cm³/mol. The largest absolute Gasteiger partial charge is 0.497 e. The van der Waals surface area contributed by atoms with Crippen LogP contribution in [0.4, 0.5) is 4.79 Å². The molecule has 8 heteroatoms. The summed E-state index contributed by atoms with van der Waals surface area (Å²) in [5, 5.41) is 9.38. The number of methoxy groups -OCH3 is 1. The Bertz CT molecular complexity index is 1340. The number of nitrogens with one attached hydrogen (secondary N) is 1. The van der Waals surface area contributed by atoms with Crippen LogP contribution in [0.3, 0.4) is 0 Å². The predicted octanol–water partition coefficient (Wildman–Crippen LogP) is 5.81. The van der Waals surface area contributed by atoms with Crippen LogP contribution in [-0.2, 0) is 6.54 Å². The standard InChI is InChI=1S/C26H24N4O3S/c1-16-9-11-18(12-10-16)23-22(17(2)30(26(31)27-23)15-21-8-5-13-34-21)25-28-24(29-33-25)19-6-4-7-20(14-19)32-3/h4-14,23H,15H2,1-3H3,(H,27,31). The topological polar surface area (TPSA) is 80.5 Å². The zero-order chi connectivity index (χ0) is 23.7. The summed E-state index contributed by atoms with van der Waals surface area (Å²) in [5.41, 5.74) is 4.44. The molecule has 172 valence electrons. The number of aryl methyl sites for hydroxylation is 1. The lowest BCUT2D eigenvalue weighted by Crippen LogP contribution is -2.45. The number of rotatable bonds is 6. The summed E-state index contributed by atoms with van der Waals surface area (Å²) in [6.45, 7) is 4.43. The van der Waals surface area contributed by atoms with Crippen molar-refractivity contribution >= 4 is 22.9 Å². The maximum atomic E-state index is 13.2. The Labute approximate surface area is 201 Å². The van der Waals surface area contributed by atoms with Crippen molar-refractivity contribution in [1.82, 2.24) is 20.4 Å². The zero-order valence-corrected chi connectivity index (χ0v) is 19.9. The van der Waals surface area contributed by atoms with Crippen molar-refractivity contribution in [2.24, 2.45) is 0 Å². The van der Waals surface area contributed by atoms with Crippen molar-refractivity contribution in [2.75, 3.05) is 7.11 Å². The van der Waals surface area contributed by atoms with E-state index < -0.39 is 6.04 Å². The van der Waals surface area contributed by atoms with Crippen molar-refractivity contribution < 1.29 is 14.1 Å². The Morgan fingerprint density at radius 3 is 2.68 bits per heavy atom. The van der Waals surface area contributed by atoms with Gasteiger partial charge >= 0.3 is 6.03 Å². The molecule has 0 radical (unpaired) electrons. The molecule has 1 atom stereocenters. The molecule has 0 aliphatic carbocycles. The Balaban J connectivity index is 1.59. The summed E-state index contributed by atoms with van der Waals surface area (Å²) in [6.07, 6.45) is 0.